The van der Waals surface area contributed by atoms with Gasteiger partial charge in [0.25, 0.3) is 0 Å². The van der Waals surface area contributed by atoms with Gasteiger partial charge in [-0.2, -0.15) is 0 Å². The minimum absolute atomic E-state index is 0.169. The average Bonchev–Trinajstić information content (AvgIpc) is 2.15. The SMILES string of the molecule is FC(F)(F)[n+]1cccc2ccccc21. The predicted molar refractivity (Wildman–Crippen MR) is 45.4 cm³/mol. The maximum absolute atomic E-state index is 12.5. The molecular formula is C10H7F3N+. The van der Waals surface area contributed by atoms with Crippen molar-refractivity contribution < 1.29 is 17.7 Å². The highest BCUT2D eigenvalue weighted by atomic mass is 19.4. The van der Waals surface area contributed by atoms with Gasteiger partial charge in [-0.1, -0.05) is 12.1 Å². The molecule has 0 aliphatic rings. The summed E-state index contributed by atoms with van der Waals surface area (Å²) in [5, 5.41) is 0.576. The van der Waals surface area contributed by atoms with E-state index in [1.165, 1.54) is 12.1 Å². The number of nitrogens with zero attached hydrogens (tertiary/aromatic N) is 1. The quantitative estimate of drug-likeness (QED) is 0.573. The van der Waals surface area contributed by atoms with Crippen LogP contribution >= 0.6 is 0 Å². The number of aromatic nitrogens is 1. The molecule has 14 heavy (non-hydrogen) atoms. The molecule has 0 N–H and O–H groups in total. The van der Waals surface area contributed by atoms with Crippen molar-refractivity contribution in [2.24, 2.45) is 0 Å². The van der Waals surface area contributed by atoms with Crippen LogP contribution in [-0.4, -0.2) is 0 Å². The van der Waals surface area contributed by atoms with Crippen LogP contribution < -0.4 is 4.57 Å². The summed E-state index contributed by atoms with van der Waals surface area (Å²) in [4.78, 5) is 0. The first-order chi connectivity index (χ1) is 6.59. The molecule has 0 atom stereocenters. The van der Waals surface area contributed by atoms with Crippen molar-refractivity contribution >= 4 is 10.9 Å². The second kappa shape index (κ2) is 2.97. The molecule has 0 aliphatic carbocycles. The summed E-state index contributed by atoms with van der Waals surface area (Å²) < 4.78 is 37.8. The third-order valence-corrected chi connectivity index (χ3v) is 1.98. The molecule has 72 valence electrons. The minimum atomic E-state index is -4.36. The Balaban J connectivity index is 2.78. The fourth-order valence-corrected chi connectivity index (χ4v) is 1.38. The molecule has 1 nitrogen and oxygen atoms in total. The molecule has 2 rings (SSSR count). The molecule has 0 saturated carbocycles. The van der Waals surface area contributed by atoms with E-state index in [0.717, 1.165) is 6.20 Å². The molecule has 0 aliphatic heterocycles. The number of alkyl halides is 3. The van der Waals surface area contributed by atoms with Crippen molar-refractivity contribution in [3.63, 3.8) is 0 Å². The van der Waals surface area contributed by atoms with Gasteiger partial charge in [0.15, 0.2) is 6.20 Å². The zero-order valence-corrected chi connectivity index (χ0v) is 7.12. The lowest BCUT2D eigenvalue weighted by atomic mass is 10.2. The van der Waals surface area contributed by atoms with E-state index in [-0.39, 0.29) is 5.52 Å². The van der Waals surface area contributed by atoms with E-state index in [1.807, 2.05) is 0 Å². The van der Waals surface area contributed by atoms with Gasteiger partial charge in [0.1, 0.15) is 0 Å². The number of benzene rings is 1. The molecule has 1 aromatic carbocycles. The monoisotopic (exact) mass is 198 g/mol. The molecule has 4 heteroatoms. The molecule has 1 heterocycles. The van der Waals surface area contributed by atoms with Crippen LogP contribution in [0.5, 0.6) is 0 Å². The number of para-hydroxylation sites is 1. The first-order valence-corrected chi connectivity index (χ1v) is 4.06. The van der Waals surface area contributed by atoms with Crippen molar-refractivity contribution in [1.29, 1.82) is 0 Å². The smallest absolute Gasteiger partial charge is 0.106 e. The maximum atomic E-state index is 12.5. The van der Waals surface area contributed by atoms with Crippen LogP contribution in [0.15, 0.2) is 42.6 Å². The van der Waals surface area contributed by atoms with Gasteiger partial charge in [-0.05, 0) is 12.1 Å². The fourth-order valence-electron chi connectivity index (χ4n) is 1.38. The second-order valence-corrected chi connectivity index (χ2v) is 2.90. The molecule has 0 unspecified atom stereocenters. The van der Waals surface area contributed by atoms with Crippen molar-refractivity contribution in [2.75, 3.05) is 0 Å². The molecule has 1 aromatic heterocycles. The molecule has 0 bridgehead atoms. The van der Waals surface area contributed by atoms with Gasteiger partial charge >= 0.3 is 6.30 Å². The van der Waals surface area contributed by atoms with E-state index >= 15 is 0 Å². The Hall–Kier alpha value is -1.58. The van der Waals surface area contributed by atoms with Crippen molar-refractivity contribution in [3.8, 4) is 0 Å². The molecule has 0 saturated heterocycles. The van der Waals surface area contributed by atoms with Crippen molar-refractivity contribution in [3.05, 3.63) is 42.6 Å². The van der Waals surface area contributed by atoms with Gasteiger partial charge in [-0.25, -0.2) is 0 Å². The summed E-state index contributed by atoms with van der Waals surface area (Å²) in [7, 11) is 0. The molecule has 2 aromatic rings. The van der Waals surface area contributed by atoms with Crippen LogP contribution in [0.4, 0.5) is 13.2 Å². The Kier molecular flexibility index (Phi) is 1.91. The van der Waals surface area contributed by atoms with Crippen molar-refractivity contribution in [1.82, 2.24) is 0 Å². The molecular weight excluding hydrogens is 191 g/mol. The number of fused-ring (bicyclic) bond motifs is 1. The van der Waals surface area contributed by atoms with Crippen LogP contribution in [0.25, 0.3) is 10.9 Å². The Bertz CT molecular complexity index is 457. The molecule has 0 spiro atoms. The molecule has 0 fully saturated rings. The van der Waals surface area contributed by atoms with Gasteiger partial charge in [-0.3, -0.25) is 0 Å². The zero-order chi connectivity index (χ0) is 10.2. The van der Waals surface area contributed by atoms with E-state index in [9.17, 15) is 13.2 Å². The summed E-state index contributed by atoms with van der Waals surface area (Å²) in [6.07, 6.45) is -3.34. The summed E-state index contributed by atoms with van der Waals surface area (Å²) in [6.45, 7) is 0. The van der Waals surface area contributed by atoms with E-state index < -0.39 is 6.30 Å². The van der Waals surface area contributed by atoms with Crippen LogP contribution in [0.3, 0.4) is 0 Å². The highest BCUT2D eigenvalue weighted by Gasteiger charge is 2.42. The molecule has 0 radical (unpaired) electrons. The third-order valence-electron chi connectivity index (χ3n) is 1.98. The Morgan fingerprint density at radius 2 is 1.57 bits per heavy atom. The molecule has 0 amide bonds. The van der Waals surface area contributed by atoms with E-state index in [4.69, 9.17) is 0 Å². The lowest BCUT2D eigenvalue weighted by molar-refractivity contribution is -0.836. The third kappa shape index (κ3) is 1.43. The standard InChI is InChI=1S/C10H7F3N/c11-10(12,13)14-7-3-5-8-4-1-2-6-9(8)14/h1-7H/q+1. The van der Waals surface area contributed by atoms with E-state index in [1.54, 1.807) is 24.3 Å². The fraction of sp³-hybridized carbons (Fsp3) is 0.100. The number of hydrogen-bond acceptors (Lipinski definition) is 0. The number of halogens is 3. The lowest BCUT2D eigenvalue weighted by Gasteiger charge is -2.02. The first-order valence-electron chi connectivity index (χ1n) is 4.06. The number of hydrogen-bond donors (Lipinski definition) is 0. The Labute approximate surface area is 78.4 Å². The van der Waals surface area contributed by atoms with Crippen molar-refractivity contribution in [2.45, 2.75) is 6.30 Å². The maximum Gasteiger partial charge on any atom is 0.638 e. The van der Waals surface area contributed by atoms with Crippen LogP contribution in [0, 0.1) is 0 Å². The second-order valence-electron chi connectivity index (χ2n) is 2.90. The van der Waals surface area contributed by atoms with Gasteiger partial charge in [0.2, 0.25) is 5.52 Å². The minimum Gasteiger partial charge on any atom is -0.106 e. The highest BCUT2D eigenvalue weighted by Crippen LogP contribution is 2.18. The van der Waals surface area contributed by atoms with Crippen LogP contribution in [-0.2, 0) is 6.30 Å². The van der Waals surface area contributed by atoms with Crippen LogP contribution in [0.2, 0.25) is 0 Å². The largest absolute Gasteiger partial charge is 0.638 e. The number of rotatable bonds is 0. The number of pyridine rings is 1. The Morgan fingerprint density at radius 1 is 0.929 bits per heavy atom. The van der Waals surface area contributed by atoms with Gasteiger partial charge < -0.3 is 0 Å². The summed E-state index contributed by atoms with van der Waals surface area (Å²) >= 11 is 0. The van der Waals surface area contributed by atoms with Gasteiger partial charge in [0, 0.05) is 17.5 Å². The zero-order valence-electron chi connectivity index (χ0n) is 7.12. The van der Waals surface area contributed by atoms with E-state index in [0.29, 0.717) is 9.95 Å². The van der Waals surface area contributed by atoms with Crippen LogP contribution in [0.1, 0.15) is 0 Å². The van der Waals surface area contributed by atoms with E-state index in [2.05, 4.69) is 0 Å². The van der Waals surface area contributed by atoms with Gasteiger partial charge in [0.05, 0.1) is 0 Å². The lowest BCUT2D eigenvalue weighted by Crippen LogP contribution is -2.47. The summed E-state index contributed by atoms with van der Waals surface area (Å²) in [5.41, 5.74) is 0.169. The normalized spacial score (nSPS) is 11.9. The highest BCUT2D eigenvalue weighted by molar-refractivity contribution is 5.74. The predicted octanol–water partition coefficient (Wildman–Crippen LogP) is 2.60. The average molecular weight is 198 g/mol. The topological polar surface area (TPSA) is 3.88 Å². The first kappa shape index (κ1) is 8.99. The summed E-state index contributed by atoms with van der Waals surface area (Å²) in [5.74, 6) is 0. The Morgan fingerprint density at radius 3 is 2.29 bits per heavy atom. The summed E-state index contributed by atoms with van der Waals surface area (Å²) in [6, 6.07) is 9.43. The van der Waals surface area contributed by atoms with Gasteiger partial charge in [-0.15, -0.1) is 17.7 Å².